The van der Waals surface area contributed by atoms with Crippen molar-refractivity contribution >= 4 is 35.1 Å². The largest absolute Gasteiger partial charge is 0.480 e. The highest BCUT2D eigenvalue weighted by molar-refractivity contribution is 6.30. The molecule has 0 saturated carbocycles. The number of amides is 1. The molecular weight excluding hydrogens is 482 g/mol. The van der Waals surface area contributed by atoms with Crippen LogP contribution >= 0.6 is 11.6 Å². The molecule has 5 rings (SSSR count). The van der Waals surface area contributed by atoms with Crippen molar-refractivity contribution in [2.24, 2.45) is 0 Å². The first-order valence-electron chi connectivity index (χ1n) is 11.6. The van der Waals surface area contributed by atoms with Gasteiger partial charge in [0, 0.05) is 29.4 Å². The number of carboxylic acid groups (broad SMARTS) is 1. The van der Waals surface area contributed by atoms with Crippen molar-refractivity contribution in [3.8, 4) is 11.3 Å². The first-order chi connectivity index (χ1) is 17.4. The number of fused-ring (bicyclic) bond motifs is 1. The third kappa shape index (κ3) is 4.70. The van der Waals surface area contributed by atoms with Crippen molar-refractivity contribution in [1.29, 1.82) is 0 Å². The van der Waals surface area contributed by atoms with Gasteiger partial charge in [0.05, 0.1) is 12.2 Å². The minimum absolute atomic E-state index is 0.270. The summed E-state index contributed by atoms with van der Waals surface area (Å²) in [6, 6.07) is 18.0. The number of hydrogen-bond acceptors (Lipinski definition) is 5. The van der Waals surface area contributed by atoms with Crippen LogP contribution in [-0.4, -0.2) is 50.1 Å². The molecule has 0 unspecified atom stereocenters. The van der Waals surface area contributed by atoms with Crippen LogP contribution in [0.1, 0.15) is 18.4 Å². The van der Waals surface area contributed by atoms with Gasteiger partial charge in [-0.25, -0.2) is 4.98 Å². The topological polar surface area (TPSA) is 109 Å². The summed E-state index contributed by atoms with van der Waals surface area (Å²) in [5.41, 5.74) is 2.18. The molecule has 184 valence electrons. The summed E-state index contributed by atoms with van der Waals surface area (Å²) in [6.07, 6.45) is 2.99. The molecule has 2 N–H and O–H groups in total. The van der Waals surface area contributed by atoms with E-state index in [2.05, 4.69) is 5.32 Å². The summed E-state index contributed by atoms with van der Waals surface area (Å²) in [7, 11) is 0. The summed E-state index contributed by atoms with van der Waals surface area (Å²) < 4.78 is 3.44. The van der Waals surface area contributed by atoms with Crippen LogP contribution in [0.3, 0.4) is 0 Å². The molecule has 1 atom stereocenters. The molecule has 1 aliphatic heterocycles. The zero-order valence-electron chi connectivity index (χ0n) is 19.3. The van der Waals surface area contributed by atoms with Gasteiger partial charge in [0.1, 0.15) is 18.4 Å². The highest BCUT2D eigenvalue weighted by Gasteiger charge is 2.33. The molecule has 0 spiro atoms. The average molecular weight is 506 g/mol. The summed E-state index contributed by atoms with van der Waals surface area (Å²) in [6.45, 7) is 0.529. The molecule has 4 aromatic rings. The molecule has 10 heteroatoms. The van der Waals surface area contributed by atoms with Crippen molar-refractivity contribution in [3.63, 3.8) is 0 Å². The molecule has 9 nitrogen and oxygen atoms in total. The lowest BCUT2D eigenvalue weighted by atomic mass is 10.2. The Morgan fingerprint density at radius 2 is 1.86 bits per heavy atom. The number of carboxylic acids is 1. The monoisotopic (exact) mass is 505 g/mol. The number of nitrogens with one attached hydrogen (secondary N) is 1. The SMILES string of the molecule is O=C(O)CNC(=O)[C@@H]1CCCN1c1cc(=O)n2cc(-c3ccc(Cl)cc3)nc2n1Cc1ccccc1. The zero-order valence-corrected chi connectivity index (χ0v) is 20.1. The number of imidazole rings is 1. The Hall–Kier alpha value is -4.11. The minimum atomic E-state index is -1.11. The highest BCUT2D eigenvalue weighted by atomic mass is 35.5. The number of halogens is 1. The maximum Gasteiger partial charge on any atom is 0.322 e. The summed E-state index contributed by atoms with van der Waals surface area (Å²) in [5, 5.41) is 12.1. The molecular formula is C26H24ClN5O4. The van der Waals surface area contributed by atoms with Gasteiger partial charge in [0.25, 0.3) is 5.56 Å². The van der Waals surface area contributed by atoms with Crippen molar-refractivity contribution in [2.75, 3.05) is 18.0 Å². The van der Waals surface area contributed by atoms with Crippen molar-refractivity contribution in [3.05, 3.63) is 87.8 Å². The molecule has 1 aliphatic rings. The van der Waals surface area contributed by atoms with Gasteiger partial charge in [-0.1, -0.05) is 54.1 Å². The molecule has 3 heterocycles. The van der Waals surface area contributed by atoms with Crippen LogP contribution in [0, 0.1) is 0 Å². The highest BCUT2D eigenvalue weighted by Crippen LogP contribution is 2.28. The van der Waals surface area contributed by atoms with Gasteiger partial charge in [-0.3, -0.25) is 23.4 Å². The van der Waals surface area contributed by atoms with E-state index in [0.717, 1.165) is 17.5 Å². The first-order valence-corrected chi connectivity index (χ1v) is 12.0. The number of carbonyl (C=O) groups is 2. The standard InChI is InChI=1S/C26H24ClN5O4/c27-19-10-8-18(9-11-19)20-16-32-23(33)13-22(30-12-4-7-21(30)25(36)28-14-24(34)35)31(26(32)29-20)15-17-5-2-1-3-6-17/h1-3,5-6,8-11,13,16,21H,4,7,12,14-15H2,(H,28,36)(H,34,35)/t21-/m0/s1. The van der Waals surface area contributed by atoms with Crippen LogP contribution in [0.5, 0.6) is 0 Å². The number of anilines is 1. The van der Waals surface area contributed by atoms with E-state index in [1.807, 2.05) is 51.9 Å². The Morgan fingerprint density at radius 3 is 2.58 bits per heavy atom. The first kappa shape index (κ1) is 23.6. The number of benzene rings is 2. The van der Waals surface area contributed by atoms with Crippen LogP contribution in [0.2, 0.25) is 5.02 Å². The van der Waals surface area contributed by atoms with Gasteiger partial charge in [-0.2, -0.15) is 0 Å². The zero-order chi connectivity index (χ0) is 25.2. The van der Waals surface area contributed by atoms with Gasteiger partial charge in [-0.15, -0.1) is 0 Å². The second-order valence-electron chi connectivity index (χ2n) is 8.68. The van der Waals surface area contributed by atoms with Gasteiger partial charge in [0.15, 0.2) is 0 Å². The van der Waals surface area contributed by atoms with Crippen LogP contribution in [0.15, 0.2) is 71.7 Å². The van der Waals surface area contributed by atoms with Gasteiger partial charge in [-0.05, 0) is 30.5 Å². The Kier molecular flexibility index (Phi) is 6.47. The summed E-state index contributed by atoms with van der Waals surface area (Å²) in [4.78, 5) is 43.7. The predicted molar refractivity (Wildman–Crippen MR) is 136 cm³/mol. The lowest BCUT2D eigenvalue weighted by Gasteiger charge is -2.29. The molecule has 0 aliphatic carbocycles. The van der Waals surface area contributed by atoms with Crippen molar-refractivity contribution < 1.29 is 14.7 Å². The average Bonchev–Trinajstić information content (AvgIpc) is 3.54. The molecule has 0 radical (unpaired) electrons. The summed E-state index contributed by atoms with van der Waals surface area (Å²) in [5.74, 6) is -0.471. The number of aromatic nitrogens is 3. The molecule has 2 aromatic carbocycles. The second kappa shape index (κ2) is 9.87. The molecule has 1 saturated heterocycles. The number of carbonyl (C=O) groups excluding carboxylic acids is 1. The Balaban J connectivity index is 1.63. The van der Waals surface area contributed by atoms with E-state index in [1.54, 1.807) is 18.3 Å². The van der Waals surface area contributed by atoms with Crippen molar-refractivity contribution in [1.82, 2.24) is 19.3 Å². The molecule has 1 amide bonds. The molecule has 1 fully saturated rings. The maximum atomic E-state index is 13.2. The second-order valence-corrected chi connectivity index (χ2v) is 9.11. The third-order valence-electron chi connectivity index (χ3n) is 6.28. The lowest BCUT2D eigenvalue weighted by Crippen LogP contribution is -2.46. The quantitative estimate of drug-likeness (QED) is 0.399. The fraction of sp³-hybridized carbons (Fsp3) is 0.231. The normalized spacial score (nSPS) is 15.4. The van der Waals surface area contributed by atoms with E-state index in [9.17, 15) is 14.4 Å². The van der Waals surface area contributed by atoms with E-state index in [-0.39, 0.29) is 11.5 Å². The molecule has 36 heavy (non-hydrogen) atoms. The van der Waals surface area contributed by atoms with Crippen LogP contribution in [0.4, 0.5) is 5.82 Å². The predicted octanol–water partition coefficient (Wildman–Crippen LogP) is 3.03. The number of nitrogens with zero attached hydrogens (tertiary/aromatic N) is 4. The van der Waals surface area contributed by atoms with E-state index in [0.29, 0.717) is 41.8 Å². The minimum Gasteiger partial charge on any atom is -0.480 e. The number of aliphatic carboxylic acids is 1. The molecule has 2 aromatic heterocycles. The lowest BCUT2D eigenvalue weighted by molar-refractivity contribution is -0.138. The van der Waals surface area contributed by atoms with Crippen molar-refractivity contribution in [2.45, 2.75) is 25.4 Å². The van der Waals surface area contributed by atoms with E-state index < -0.39 is 18.6 Å². The van der Waals surface area contributed by atoms with Gasteiger partial charge < -0.3 is 15.3 Å². The third-order valence-corrected chi connectivity index (χ3v) is 6.53. The van der Waals surface area contributed by atoms with E-state index in [4.69, 9.17) is 21.7 Å². The van der Waals surface area contributed by atoms with Crippen LogP contribution in [-0.2, 0) is 16.1 Å². The van der Waals surface area contributed by atoms with Gasteiger partial charge >= 0.3 is 5.97 Å². The van der Waals surface area contributed by atoms with Crippen LogP contribution < -0.4 is 15.8 Å². The smallest absolute Gasteiger partial charge is 0.322 e. The summed E-state index contributed by atoms with van der Waals surface area (Å²) >= 11 is 6.04. The fourth-order valence-corrected chi connectivity index (χ4v) is 4.72. The fourth-order valence-electron chi connectivity index (χ4n) is 4.59. The molecule has 0 bridgehead atoms. The van der Waals surface area contributed by atoms with E-state index in [1.165, 1.54) is 10.5 Å². The van der Waals surface area contributed by atoms with E-state index >= 15 is 0 Å². The Bertz CT molecular complexity index is 1480. The van der Waals surface area contributed by atoms with Gasteiger partial charge in [0.2, 0.25) is 11.7 Å². The Labute approximate surface area is 211 Å². The number of rotatable bonds is 7. The number of hydrogen-bond donors (Lipinski definition) is 2. The van der Waals surface area contributed by atoms with Crippen LogP contribution in [0.25, 0.3) is 17.0 Å². The Morgan fingerprint density at radius 1 is 1.11 bits per heavy atom. The maximum absolute atomic E-state index is 13.2.